The summed E-state index contributed by atoms with van der Waals surface area (Å²) in [6.07, 6.45) is -3.28. The van der Waals surface area contributed by atoms with Gasteiger partial charge in [0, 0.05) is 19.6 Å². The highest BCUT2D eigenvalue weighted by atomic mass is 32.2. The minimum Gasteiger partial charge on any atom is -0.371 e. The van der Waals surface area contributed by atoms with Crippen molar-refractivity contribution in [2.75, 3.05) is 39.1 Å². The normalized spacial score (nSPS) is 13.0. The summed E-state index contributed by atoms with van der Waals surface area (Å²) in [6, 6.07) is 0. The average molecular weight is 264 g/mol. The number of rotatable bonds is 8. The third-order valence-corrected chi connectivity index (χ3v) is 2.08. The van der Waals surface area contributed by atoms with Crippen molar-refractivity contribution in [1.82, 2.24) is 10.0 Å². The van der Waals surface area contributed by atoms with Crippen LogP contribution in [-0.4, -0.2) is 53.7 Å². The minimum atomic E-state index is -4.31. The lowest BCUT2D eigenvalue weighted by Crippen LogP contribution is -2.32. The lowest BCUT2D eigenvalue weighted by Gasteiger charge is -2.08. The van der Waals surface area contributed by atoms with Crippen molar-refractivity contribution >= 4 is 10.0 Å². The molecule has 0 amide bonds. The molecule has 0 radical (unpaired) electrons. The minimum absolute atomic E-state index is 0.0710. The number of alkyl halides is 3. The summed E-state index contributed by atoms with van der Waals surface area (Å²) in [4.78, 5) is 0. The first kappa shape index (κ1) is 15.6. The van der Waals surface area contributed by atoms with E-state index in [-0.39, 0.29) is 19.7 Å². The number of hydrogen-bond acceptors (Lipinski definition) is 4. The Morgan fingerprint density at radius 3 is 2.31 bits per heavy atom. The van der Waals surface area contributed by atoms with Gasteiger partial charge in [0.25, 0.3) is 0 Å². The van der Waals surface area contributed by atoms with Gasteiger partial charge in [0.2, 0.25) is 10.0 Å². The molecule has 0 heterocycles. The number of hydrogen-bond donors (Lipinski definition) is 2. The summed E-state index contributed by atoms with van der Waals surface area (Å²) in [5.41, 5.74) is 0. The summed E-state index contributed by atoms with van der Waals surface area (Å²) in [7, 11) is -3.21. The van der Waals surface area contributed by atoms with E-state index in [1.54, 1.807) is 0 Å². The summed E-state index contributed by atoms with van der Waals surface area (Å²) in [5, 5.41) is 2.72. The predicted octanol–water partition coefficient (Wildman–Crippen LogP) is -0.296. The van der Waals surface area contributed by atoms with Gasteiger partial charge in [-0.2, -0.15) is 13.2 Å². The zero-order valence-electron chi connectivity index (χ0n) is 8.80. The maximum Gasteiger partial charge on any atom is 0.411 e. The van der Waals surface area contributed by atoms with E-state index < -0.39 is 22.8 Å². The van der Waals surface area contributed by atoms with E-state index in [2.05, 4.69) is 14.8 Å². The van der Waals surface area contributed by atoms with E-state index in [9.17, 15) is 21.6 Å². The molecule has 0 aliphatic rings. The van der Waals surface area contributed by atoms with Crippen molar-refractivity contribution in [2.45, 2.75) is 6.18 Å². The van der Waals surface area contributed by atoms with Crippen LogP contribution < -0.4 is 10.0 Å². The van der Waals surface area contributed by atoms with Gasteiger partial charge in [-0.3, -0.25) is 0 Å². The highest BCUT2D eigenvalue weighted by Crippen LogP contribution is 2.13. The van der Waals surface area contributed by atoms with E-state index in [4.69, 9.17) is 0 Å². The molecule has 16 heavy (non-hydrogen) atoms. The van der Waals surface area contributed by atoms with Crippen molar-refractivity contribution in [2.24, 2.45) is 0 Å². The molecule has 98 valence electrons. The molecule has 0 aromatic heterocycles. The lowest BCUT2D eigenvalue weighted by atomic mass is 10.6. The third kappa shape index (κ3) is 13.6. The van der Waals surface area contributed by atoms with Crippen LogP contribution in [0.15, 0.2) is 0 Å². The first-order valence-electron chi connectivity index (χ1n) is 4.50. The molecule has 0 bridgehead atoms. The Labute approximate surface area is 92.4 Å². The fourth-order valence-corrected chi connectivity index (χ4v) is 1.25. The third-order valence-electron chi connectivity index (χ3n) is 1.35. The molecule has 0 unspecified atom stereocenters. The number of sulfonamides is 1. The molecule has 2 N–H and O–H groups in total. The second-order valence-electron chi connectivity index (χ2n) is 3.08. The molecule has 0 saturated heterocycles. The Morgan fingerprint density at radius 2 is 1.81 bits per heavy atom. The molecular weight excluding hydrogens is 249 g/mol. The fraction of sp³-hybridized carbons (Fsp3) is 1.00. The van der Waals surface area contributed by atoms with Crippen molar-refractivity contribution in [1.29, 1.82) is 0 Å². The van der Waals surface area contributed by atoms with Crippen LogP contribution in [0, 0.1) is 0 Å². The molecule has 0 aliphatic carbocycles. The highest BCUT2D eigenvalue weighted by molar-refractivity contribution is 7.88. The van der Waals surface area contributed by atoms with E-state index in [0.717, 1.165) is 6.26 Å². The topological polar surface area (TPSA) is 67.4 Å². The molecule has 0 atom stereocenters. The molecule has 0 aromatic carbocycles. The molecule has 9 heteroatoms. The van der Waals surface area contributed by atoms with E-state index in [1.807, 2.05) is 0 Å². The number of halogens is 3. The van der Waals surface area contributed by atoms with E-state index in [1.165, 1.54) is 0 Å². The van der Waals surface area contributed by atoms with Crippen LogP contribution in [0.4, 0.5) is 13.2 Å². The SMILES string of the molecule is CS(=O)(=O)NCCNCCOCC(F)(F)F. The molecule has 0 rings (SSSR count). The zero-order chi connectivity index (χ0) is 12.7. The summed E-state index contributed by atoms with van der Waals surface area (Å²) in [5.74, 6) is 0. The van der Waals surface area contributed by atoms with E-state index in [0.29, 0.717) is 6.54 Å². The molecule has 0 aromatic rings. The van der Waals surface area contributed by atoms with Gasteiger partial charge in [-0.1, -0.05) is 0 Å². The average Bonchev–Trinajstić information content (AvgIpc) is 2.06. The Morgan fingerprint density at radius 1 is 1.19 bits per heavy atom. The molecule has 5 nitrogen and oxygen atoms in total. The van der Waals surface area contributed by atoms with Crippen molar-refractivity contribution in [3.63, 3.8) is 0 Å². The van der Waals surface area contributed by atoms with Gasteiger partial charge in [0.1, 0.15) is 6.61 Å². The van der Waals surface area contributed by atoms with Crippen LogP contribution >= 0.6 is 0 Å². The lowest BCUT2D eigenvalue weighted by molar-refractivity contribution is -0.173. The Balaban J connectivity index is 3.23. The van der Waals surface area contributed by atoms with Gasteiger partial charge >= 0.3 is 6.18 Å². The first-order chi connectivity index (χ1) is 7.21. The van der Waals surface area contributed by atoms with Crippen molar-refractivity contribution < 1.29 is 26.3 Å². The van der Waals surface area contributed by atoms with Gasteiger partial charge in [0.15, 0.2) is 0 Å². The van der Waals surface area contributed by atoms with Crippen LogP contribution in [0.5, 0.6) is 0 Å². The maximum absolute atomic E-state index is 11.6. The fourth-order valence-electron chi connectivity index (χ4n) is 0.782. The molecule has 0 aliphatic heterocycles. The summed E-state index contributed by atoms with van der Waals surface area (Å²) < 4.78 is 62.5. The highest BCUT2D eigenvalue weighted by Gasteiger charge is 2.27. The maximum atomic E-state index is 11.6. The molecule has 0 fully saturated rings. The molecule has 0 spiro atoms. The second-order valence-corrected chi connectivity index (χ2v) is 4.92. The predicted molar refractivity (Wildman–Crippen MR) is 52.6 cm³/mol. The van der Waals surface area contributed by atoms with Crippen LogP contribution in [0.1, 0.15) is 0 Å². The van der Waals surface area contributed by atoms with Crippen LogP contribution in [-0.2, 0) is 14.8 Å². The monoisotopic (exact) mass is 264 g/mol. The second kappa shape index (κ2) is 7.05. The quantitative estimate of drug-likeness (QED) is 0.591. The summed E-state index contributed by atoms with van der Waals surface area (Å²) >= 11 is 0. The van der Waals surface area contributed by atoms with Gasteiger partial charge in [-0.15, -0.1) is 0 Å². The largest absolute Gasteiger partial charge is 0.411 e. The van der Waals surface area contributed by atoms with Crippen molar-refractivity contribution in [3.05, 3.63) is 0 Å². The van der Waals surface area contributed by atoms with Crippen LogP contribution in [0.2, 0.25) is 0 Å². The number of ether oxygens (including phenoxy) is 1. The standard InChI is InChI=1S/C7H15F3N2O3S/c1-16(13,14)12-3-2-11-4-5-15-6-7(8,9)10/h11-12H,2-6H2,1H3. The van der Waals surface area contributed by atoms with Gasteiger partial charge in [-0.05, 0) is 0 Å². The number of nitrogens with one attached hydrogen (secondary N) is 2. The smallest absolute Gasteiger partial charge is 0.371 e. The van der Waals surface area contributed by atoms with Gasteiger partial charge in [-0.25, -0.2) is 13.1 Å². The van der Waals surface area contributed by atoms with Crippen LogP contribution in [0.25, 0.3) is 0 Å². The Kier molecular flexibility index (Phi) is 6.88. The van der Waals surface area contributed by atoms with E-state index >= 15 is 0 Å². The van der Waals surface area contributed by atoms with Crippen LogP contribution in [0.3, 0.4) is 0 Å². The van der Waals surface area contributed by atoms with Gasteiger partial charge < -0.3 is 10.1 Å². The Hall–Kier alpha value is -0.380. The molecular formula is C7H15F3N2O3S. The van der Waals surface area contributed by atoms with Crippen molar-refractivity contribution in [3.8, 4) is 0 Å². The first-order valence-corrected chi connectivity index (χ1v) is 6.40. The Bertz CT molecular complexity index is 279. The summed E-state index contributed by atoms with van der Waals surface area (Å²) in [6.45, 7) is -0.573. The zero-order valence-corrected chi connectivity index (χ0v) is 9.62. The van der Waals surface area contributed by atoms with Gasteiger partial charge in [0.05, 0.1) is 12.9 Å². The molecule has 0 saturated carbocycles.